The van der Waals surface area contributed by atoms with Crippen LogP contribution in [0.15, 0.2) is 60.3 Å². The van der Waals surface area contributed by atoms with E-state index < -0.39 is 0 Å². The summed E-state index contributed by atoms with van der Waals surface area (Å²) in [5, 5.41) is 3.37. The van der Waals surface area contributed by atoms with E-state index in [1.165, 1.54) is 11.1 Å². The van der Waals surface area contributed by atoms with E-state index in [1.54, 1.807) is 6.33 Å². The van der Waals surface area contributed by atoms with E-state index in [4.69, 9.17) is 0 Å². The Kier molecular flexibility index (Phi) is 3.31. The molecule has 2 heterocycles. The number of hydrogen-bond acceptors (Lipinski definition) is 4. The average molecular weight is 291 g/mol. The standard InChI is InChI=1S/C17H17N5/c1-2-6-13(5-1)9-18-16-15-17(20-11-19-16)22(12-21-15)10-14-7-3-4-8-14/h1-5,7,11-12H,6,8-10H2,(H,18,19,20). The summed E-state index contributed by atoms with van der Waals surface area (Å²) in [6, 6.07) is 0. The molecule has 0 fully saturated rings. The Balaban J connectivity index is 1.56. The second kappa shape index (κ2) is 5.60. The summed E-state index contributed by atoms with van der Waals surface area (Å²) in [5.74, 6) is 0.801. The van der Waals surface area contributed by atoms with Crippen LogP contribution in [-0.4, -0.2) is 26.1 Å². The lowest BCUT2D eigenvalue weighted by Crippen LogP contribution is -2.06. The molecule has 0 amide bonds. The van der Waals surface area contributed by atoms with Gasteiger partial charge >= 0.3 is 0 Å². The first-order valence-corrected chi connectivity index (χ1v) is 7.49. The molecule has 1 N–H and O–H groups in total. The first-order chi connectivity index (χ1) is 10.9. The molecule has 0 bridgehead atoms. The molecular formula is C17H17N5. The highest BCUT2D eigenvalue weighted by atomic mass is 15.1. The van der Waals surface area contributed by atoms with Crippen LogP contribution in [0, 0.1) is 0 Å². The normalized spacial score (nSPS) is 16.4. The topological polar surface area (TPSA) is 55.6 Å². The van der Waals surface area contributed by atoms with Gasteiger partial charge in [0.25, 0.3) is 0 Å². The third kappa shape index (κ3) is 2.45. The predicted molar refractivity (Wildman–Crippen MR) is 87.5 cm³/mol. The third-order valence-electron chi connectivity index (χ3n) is 3.95. The van der Waals surface area contributed by atoms with E-state index in [0.29, 0.717) is 0 Å². The molecule has 5 nitrogen and oxygen atoms in total. The van der Waals surface area contributed by atoms with Crippen LogP contribution in [0.5, 0.6) is 0 Å². The SMILES string of the molecule is C1=CCC(CNc2ncnc3c2ncn3CC2=CC=CC2)=C1. The van der Waals surface area contributed by atoms with Crippen molar-refractivity contribution >= 4 is 17.0 Å². The fraction of sp³-hybridized carbons (Fsp3) is 0.235. The van der Waals surface area contributed by atoms with Gasteiger partial charge in [0.1, 0.15) is 11.8 Å². The minimum Gasteiger partial charge on any atom is -0.364 e. The van der Waals surface area contributed by atoms with E-state index >= 15 is 0 Å². The van der Waals surface area contributed by atoms with Crippen LogP contribution in [0.4, 0.5) is 5.82 Å². The Bertz CT molecular complexity index is 823. The average Bonchev–Trinajstić information content (AvgIpc) is 3.28. The molecule has 2 aromatic heterocycles. The van der Waals surface area contributed by atoms with Crippen LogP contribution in [-0.2, 0) is 6.54 Å². The first kappa shape index (κ1) is 13.0. The molecule has 22 heavy (non-hydrogen) atoms. The predicted octanol–water partition coefficient (Wildman–Crippen LogP) is 3.01. The van der Waals surface area contributed by atoms with Crippen molar-refractivity contribution in [1.82, 2.24) is 19.5 Å². The van der Waals surface area contributed by atoms with Gasteiger partial charge in [0, 0.05) is 13.1 Å². The number of imidazole rings is 1. The number of allylic oxidation sites excluding steroid dienone is 7. The molecule has 5 heteroatoms. The lowest BCUT2D eigenvalue weighted by Gasteiger charge is -2.07. The number of fused-ring (bicyclic) bond motifs is 1. The highest BCUT2D eigenvalue weighted by Crippen LogP contribution is 2.21. The van der Waals surface area contributed by atoms with E-state index in [9.17, 15) is 0 Å². The fourth-order valence-electron chi connectivity index (χ4n) is 2.77. The number of hydrogen-bond donors (Lipinski definition) is 1. The van der Waals surface area contributed by atoms with Crippen LogP contribution in [0.25, 0.3) is 11.2 Å². The smallest absolute Gasteiger partial charge is 0.165 e. The molecule has 4 rings (SSSR count). The zero-order valence-electron chi connectivity index (χ0n) is 12.2. The van der Waals surface area contributed by atoms with Crippen molar-refractivity contribution in [1.29, 1.82) is 0 Å². The Hall–Kier alpha value is -2.69. The summed E-state index contributed by atoms with van der Waals surface area (Å²) in [4.78, 5) is 13.2. The number of nitrogens with one attached hydrogen (secondary N) is 1. The first-order valence-electron chi connectivity index (χ1n) is 7.49. The zero-order chi connectivity index (χ0) is 14.8. The maximum absolute atomic E-state index is 4.50. The van der Waals surface area contributed by atoms with Gasteiger partial charge in [0.15, 0.2) is 11.5 Å². The Morgan fingerprint density at radius 1 is 1.00 bits per heavy atom. The quantitative estimate of drug-likeness (QED) is 0.920. The molecule has 2 aliphatic carbocycles. The van der Waals surface area contributed by atoms with Crippen molar-refractivity contribution in [3.05, 3.63) is 60.3 Å². The van der Waals surface area contributed by atoms with E-state index in [1.807, 2.05) is 6.33 Å². The van der Waals surface area contributed by atoms with Crippen molar-refractivity contribution in [2.45, 2.75) is 19.4 Å². The van der Waals surface area contributed by atoms with Crippen LogP contribution >= 0.6 is 0 Å². The molecule has 0 aliphatic heterocycles. The maximum Gasteiger partial charge on any atom is 0.165 e. The van der Waals surface area contributed by atoms with E-state index in [0.717, 1.165) is 42.9 Å². The summed E-state index contributed by atoms with van der Waals surface area (Å²) < 4.78 is 2.08. The number of nitrogens with zero attached hydrogens (tertiary/aromatic N) is 4. The summed E-state index contributed by atoms with van der Waals surface area (Å²) in [6.07, 6.45) is 18.3. The minimum absolute atomic E-state index is 0.793. The number of anilines is 1. The van der Waals surface area contributed by atoms with Crippen LogP contribution in [0.2, 0.25) is 0 Å². The summed E-state index contributed by atoms with van der Waals surface area (Å²) in [7, 11) is 0. The summed E-state index contributed by atoms with van der Waals surface area (Å²) in [5.41, 5.74) is 4.44. The Morgan fingerprint density at radius 3 is 2.59 bits per heavy atom. The van der Waals surface area contributed by atoms with Crippen molar-refractivity contribution in [2.24, 2.45) is 0 Å². The second-order valence-electron chi connectivity index (χ2n) is 5.53. The largest absolute Gasteiger partial charge is 0.364 e. The highest BCUT2D eigenvalue weighted by molar-refractivity contribution is 5.82. The number of aromatic nitrogens is 4. The molecule has 0 unspecified atom stereocenters. The van der Waals surface area contributed by atoms with Gasteiger partial charge in [-0.05, 0) is 24.0 Å². The molecule has 0 saturated heterocycles. The zero-order valence-corrected chi connectivity index (χ0v) is 12.2. The second-order valence-corrected chi connectivity index (χ2v) is 5.53. The molecule has 0 saturated carbocycles. The minimum atomic E-state index is 0.793. The highest BCUT2D eigenvalue weighted by Gasteiger charge is 2.11. The van der Waals surface area contributed by atoms with Gasteiger partial charge < -0.3 is 9.88 Å². The van der Waals surface area contributed by atoms with E-state index in [-0.39, 0.29) is 0 Å². The van der Waals surface area contributed by atoms with Crippen molar-refractivity contribution < 1.29 is 0 Å². The van der Waals surface area contributed by atoms with Crippen molar-refractivity contribution in [3.8, 4) is 0 Å². The van der Waals surface area contributed by atoms with Crippen LogP contribution < -0.4 is 5.32 Å². The summed E-state index contributed by atoms with van der Waals surface area (Å²) >= 11 is 0. The van der Waals surface area contributed by atoms with Gasteiger partial charge in [-0.3, -0.25) is 0 Å². The lowest BCUT2D eigenvalue weighted by atomic mass is 10.2. The molecule has 0 radical (unpaired) electrons. The third-order valence-corrected chi connectivity index (χ3v) is 3.95. The van der Waals surface area contributed by atoms with E-state index in [2.05, 4.69) is 61.3 Å². The lowest BCUT2D eigenvalue weighted by molar-refractivity contribution is 0.786. The molecule has 110 valence electrons. The molecule has 2 aromatic rings. The monoisotopic (exact) mass is 291 g/mol. The van der Waals surface area contributed by atoms with Crippen LogP contribution in [0.1, 0.15) is 12.8 Å². The summed E-state index contributed by atoms with van der Waals surface area (Å²) in [6.45, 7) is 1.62. The Labute approximate surface area is 128 Å². The molecule has 2 aliphatic rings. The van der Waals surface area contributed by atoms with Gasteiger partial charge in [0.2, 0.25) is 0 Å². The number of rotatable bonds is 5. The molecule has 0 aromatic carbocycles. The van der Waals surface area contributed by atoms with Gasteiger partial charge in [-0.2, -0.15) is 0 Å². The van der Waals surface area contributed by atoms with Gasteiger partial charge in [0.05, 0.1) is 6.33 Å². The van der Waals surface area contributed by atoms with Crippen LogP contribution in [0.3, 0.4) is 0 Å². The van der Waals surface area contributed by atoms with Gasteiger partial charge in [-0.25, -0.2) is 15.0 Å². The maximum atomic E-state index is 4.50. The van der Waals surface area contributed by atoms with Crippen molar-refractivity contribution in [3.63, 3.8) is 0 Å². The Morgan fingerprint density at radius 2 is 1.82 bits per heavy atom. The fourth-order valence-corrected chi connectivity index (χ4v) is 2.77. The molecule has 0 atom stereocenters. The van der Waals surface area contributed by atoms with Gasteiger partial charge in [-0.1, -0.05) is 36.5 Å². The van der Waals surface area contributed by atoms with Gasteiger partial charge in [-0.15, -0.1) is 0 Å². The van der Waals surface area contributed by atoms with Crippen molar-refractivity contribution in [2.75, 3.05) is 11.9 Å². The molecule has 0 spiro atoms. The molecular weight excluding hydrogens is 274 g/mol.